The van der Waals surface area contributed by atoms with E-state index in [1.54, 1.807) is 0 Å². The highest BCUT2D eigenvalue weighted by atomic mass is 15.3. The molecule has 0 radical (unpaired) electrons. The summed E-state index contributed by atoms with van der Waals surface area (Å²) < 4.78 is 0. The summed E-state index contributed by atoms with van der Waals surface area (Å²) in [5.74, 6) is 0. The summed E-state index contributed by atoms with van der Waals surface area (Å²) in [6, 6.07) is 0. The van der Waals surface area contributed by atoms with Crippen LogP contribution in [0.4, 0.5) is 0 Å². The number of rotatable bonds is 2. The minimum Gasteiger partial charge on any atom is -0.329 e. The van der Waals surface area contributed by atoms with Gasteiger partial charge in [0.25, 0.3) is 0 Å². The Morgan fingerprint density at radius 3 is 2.25 bits per heavy atom. The summed E-state index contributed by atoms with van der Waals surface area (Å²) in [6.07, 6.45) is 5.35. The Labute approximate surface area is 100.0 Å². The lowest BCUT2D eigenvalue weighted by Gasteiger charge is -2.52. The second kappa shape index (κ2) is 4.28. The Balaban J connectivity index is 2.10. The summed E-state index contributed by atoms with van der Waals surface area (Å²) in [6.45, 7) is 9.07. The zero-order chi connectivity index (χ0) is 11.8. The molecule has 1 aliphatic heterocycles. The molecule has 1 aliphatic carbocycles. The summed E-state index contributed by atoms with van der Waals surface area (Å²) in [5, 5.41) is 0. The molecule has 3 nitrogen and oxygen atoms in total. The van der Waals surface area contributed by atoms with Crippen LogP contribution in [0.1, 0.15) is 39.5 Å². The molecule has 0 aromatic heterocycles. The highest BCUT2D eigenvalue weighted by Gasteiger charge is 2.43. The normalized spacial score (nSPS) is 30.8. The van der Waals surface area contributed by atoms with Crippen molar-refractivity contribution < 1.29 is 0 Å². The number of nitrogens with zero attached hydrogens (tertiary/aromatic N) is 2. The molecule has 0 unspecified atom stereocenters. The third-order valence-electron chi connectivity index (χ3n) is 4.90. The molecule has 0 aromatic carbocycles. The minimum atomic E-state index is 0.295. The van der Waals surface area contributed by atoms with E-state index in [1.807, 2.05) is 0 Å². The third-order valence-corrected chi connectivity index (χ3v) is 4.90. The average molecular weight is 225 g/mol. The van der Waals surface area contributed by atoms with Gasteiger partial charge in [-0.2, -0.15) is 0 Å². The van der Waals surface area contributed by atoms with Crippen LogP contribution in [-0.2, 0) is 0 Å². The van der Waals surface area contributed by atoms with Crippen LogP contribution in [0.15, 0.2) is 0 Å². The van der Waals surface area contributed by atoms with Crippen LogP contribution >= 0.6 is 0 Å². The third kappa shape index (κ3) is 2.01. The Morgan fingerprint density at radius 2 is 1.75 bits per heavy atom. The first kappa shape index (κ1) is 12.3. The molecule has 0 atom stereocenters. The monoisotopic (exact) mass is 225 g/mol. The van der Waals surface area contributed by atoms with E-state index >= 15 is 0 Å². The van der Waals surface area contributed by atoms with Crippen LogP contribution < -0.4 is 5.73 Å². The molecule has 0 spiro atoms. The van der Waals surface area contributed by atoms with Crippen molar-refractivity contribution in [3.63, 3.8) is 0 Å². The van der Waals surface area contributed by atoms with Crippen LogP contribution in [0.5, 0.6) is 0 Å². The van der Waals surface area contributed by atoms with Gasteiger partial charge in [0.15, 0.2) is 0 Å². The molecule has 0 bridgehead atoms. The second-order valence-electron chi connectivity index (χ2n) is 6.29. The topological polar surface area (TPSA) is 32.5 Å². The van der Waals surface area contributed by atoms with E-state index in [2.05, 4.69) is 30.7 Å². The lowest BCUT2D eigenvalue weighted by Crippen LogP contribution is -2.65. The zero-order valence-electron chi connectivity index (χ0n) is 11.1. The molecule has 0 amide bonds. The minimum absolute atomic E-state index is 0.295. The van der Waals surface area contributed by atoms with Crippen LogP contribution in [0.2, 0.25) is 0 Å². The lowest BCUT2D eigenvalue weighted by molar-refractivity contribution is -0.0197. The van der Waals surface area contributed by atoms with Crippen molar-refractivity contribution >= 4 is 0 Å². The predicted octanol–water partition coefficient (Wildman–Crippen LogP) is 1.28. The van der Waals surface area contributed by atoms with E-state index in [0.29, 0.717) is 11.1 Å². The number of hydrogen-bond donors (Lipinski definition) is 1. The Morgan fingerprint density at radius 1 is 1.12 bits per heavy atom. The maximum absolute atomic E-state index is 6.07. The Hall–Kier alpha value is -0.120. The second-order valence-corrected chi connectivity index (χ2v) is 6.29. The molecule has 3 heteroatoms. The summed E-state index contributed by atoms with van der Waals surface area (Å²) >= 11 is 0. The largest absolute Gasteiger partial charge is 0.329 e. The first-order chi connectivity index (χ1) is 7.50. The number of nitrogens with two attached hydrogens (primary N) is 1. The van der Waals surface area contributed by atoms with Crippen molar-refractivity contribution in [1.29, 1.82) is 0 Å². The van der Waals surface area contributed by atoms with Gasteiger partial charge in [0, 0.05) is 37.3 Å². The van der Waals surface area contributed by atoms with E-state index in [9.17, 15) is 0 Å². The van der Waals surface area contributed by atoms with E-state index in [0.717, 1.165) is 6.54 Å². The summed E-state index contributed by atoms with van der Waals surface area (Å²) in [4.78, 5) is 5.16. The van der Waals surface area contributed by atoms with Gasteiger partial charge in [0.2, 0.25) is 0 Å². The molecule has 2 fully saturated rings. The SMILES string of the molecule is CN1CCN(C2(CN)CCCC2)CC1(C)C. The summed E-state index contributed by atoms with van der Waals surface area (Å²) in [5.41, 5.74) is 6.69. The smallest absolute Gasteiger partial charge is 0.0333 e. The average Bonchev–Trinajstić information content (AvgIpc) is 2.71. The van der Waals surface area contributed by atoms with Gasteiger partial charge in [-0.3, -0.25) is 9.80 Å². The van der Waals surface area contributed by atoms with Gasteiger partial charge in [-0.05, 0) is 33.7 Å². The molecular formula is C13H27N3. The molecule has 1 heterocycles. The first-order valence-electron chi connectivity index (χ1n) is 6.67. The van der Waals surface area contributed by atoms with Crippen LogP contribution in [-0.4, -0.2) is 54.1 Å². The van der Waals surface area contributed by atoms with Crippen molar-refractivity contribution in [2.45, 2.75) is 50.6 Å². The molecule has 2 N–H and O–H groups in total. The first-order valence-corrected chi connectivity index (χ1v) is 6.67. The van der Waals surface area contributed by atoms with Gasteiger partial charge >= 0.3 is 0 Å². The van der Waals surface area contributed by atoms with Gasteiger partial charge in [0.05, 0.1) is 0 Å². The Kier molecular flexibility index (Phi) is 3.30. The maximum atomic E-state index is 6.07. The van der Waals surface area contributed by atoms with Gasteiger partial charge in [-0.25, -0.2) is 0 Å². The van der Waals surface area contributed by atoms with E-state index in [4.69, 9.17) is 5.73 Å². The zero-order valence-corrected chi connectivity index (χ0v) is 11.1. The molecule has 1 saturated carbocycles. The molecule has 0 aromatic rings. The van der Waals surface area contributed by atoms with Gasteiger partial charge in [-0.15, -0.1) is 0 Å². The lowest BCUT2D eigenvalue weighted by atomic mass is 9.90. The van der Waals surface area contributed by atoms with Crippen molar-refractivity contribution in [3.05, 3.63) is 0 Å². The van der Waals surface area contributed by atoms with Gasteiger partial charge in [0.1, 0.15) is 0 Å². The number of hydrogen-bond acceptors (Lipinski definition) is 3. The molecule has 94 valence electrons. The van der Waals surface area contributed by atoms with Crippen LogP contribution in [0.25, 0.3) is 0 Å². The fourth-order valence-electron chi connectivity index (χ4n) is 3.33. The highest BCUT2D eigenvalue weighted by molar-refractivity contribution is 5.01. The quantitative estimate of drug-likeness (QED) is 0.768. The fourth-order valence-corrected chi connectivity index (χ4v) is 3.33. The van der Waals surface area contributed by atoms with Crippen molar-refractivity contribution in [2.24, 2.45) is 5.73 Å². The molecule has 1 saturated heterocycles. The van der Waals surface area contributed by atoms with Crippen LogP contribution in [0, 0.1) is 0 Å². The standard InChI is InChI=1S/C13H27N3/c1-12(2)11-16(9-8-15(12)3)13(10-14)6-4-5-7-13/h4-11,14H2,1-3H3. The maximum Gasteiger partial charge on any atom is 0.0333 e. The molecule has 2 aliphatic rings. The van der Waals surface area contributed by atoms with Crippen molar-refractivity contribution in [3.8, 4) is 0 Å². The van der Waals surface area contributed by atoms with Crippen molar-refractivity contribution in [1.82, 2.24) is 9.80 Å². The Bertz CT molecular complexity index is 244. The molecule has 2 rings (SSSR count). The van der Waals surface area contributed by atoms with E-state index in [-0.39, 0.29) is 0 Å². The fraction of sp³-hybridized carbons (Fsp3) is 1.00. The molecule has 16 heavy (non-hydrogen) atoms. The summed E-state index contributed by atoms with van der Waals surface area (Å²) in [7, 11) is 2.24. The van der Waals surface area contributed by atoms with Crippen molar-refractivity contribution in [2.75, 3.05) is 33.2 Å². The highest BCUT2D eigenvalue weighted by Crippen LogP contribution is 2.37. The van der Waals surface area contributed by atoms with E-state index in [1.165, 1.54) is 45.3 Å². The van der Waals surface area contributed by atoms with Gasteiger partial charge in [-0.1, -0.05) is 12.8 Å². The molecular weight excluding hydrogens is 198 g/mol. The van der Waals surface area contributed by atoms with Crippen LogP contribution in [0.3, 0.4) is 0 Å². The van der Waals surface area contributed by atoms with E-state index < -0.39 is 0 Å². The predicted molar refractivity (Wildman–Crippen MR) is 68.5 cm³/mol. The van der Waals surface area contributed by atoms with Gasteiger partial charge < -0.3 is 5.73 Å². The number of likely N-dealkylation sites (N-methyl/N-ethyl adjacent to an activating group) is 1. The number of piperazine rings is 1.